The largest absolute Gasteiger partial charge is 0.481 e. The Morgan fingerprint density at radius 1 is 1.25 bits per heavy atom. The molecule has 20 heavy (non-hydrogen) atoms. The summed E-state index contributed by atoms with van der Waals surface area (Å²) in [5.41, 5.74) is 0.599. The molecule has 6 heteroatoms. The van der Waals surface area contributed by atoms with E-state index in [-0.39, 0.29) is 12.3 Å². The number of thiophene rings is 1. The van der Waals surface area contributed by atoms with Crippen molar-refractivity contribution in [2.45, 2.75) is 12.5 Å². The van der Waals surface area contributed by atoms with Crippen molar-refractivity contribution in [2.24, 2.45) is 0 Å². The molecular formula is C14H12ClNO3S. The van der Waals surface area contributed by atoms with Crippen LogP contribution in [0.25, 0.3) is 0 Å². The highest BCUT2D eigenvalue weighted by Gasteiger charge is 2.21. The Hall–Kier alpha value is -1.85. The molecule has 1 heterocycles. The fraction of sp³-hybridized carbons (Fsp3) is 0.143. The lowest BCUT2D eigenvalue weighted by atomic mass is 10.0. The number of rotatable bonds is 5. The molecule has 1 aromatic heterocycles. The summed E-state index contributed by atoms with van der Waals surface area (Å²) in [6, 6.07) is 9.69. The van der Waals surface area contributed by atoms with Crippen LogP contribution in [0.2, 0.25) is 5.02 Å². The van der Waals surface area contributed by atoms with Crippen LogP contribution in [0.3, 0.4) is 0 Å². The summed E-state index contributed by atoms with van der Waals surface area (Å²) >= 11 is 7.37. The quantitative estimate of drug-likeness (QED) is 0.890. The van der Waals surface area contributed by atoms with Gasteiger partial charge in [0.1, 0.15) is 0 Å². The first-order valence-electron chi connectivity index (χ1n) is 5.88. The van der Waals surface area contributed by atoms with Crippen LogP contribution in [0.1, 0.15) is 27.7 Å². The standard InChI is InChI=1S/C14H12ClNO3S/c15-10-5-2-1-4-9(10)11(8-13(17)18)16-14(19)12-6-3-7-20-12/h1-7,11H,8H2,(H,16,19)(H,17,18)/t11-/m1/s1. The molecule has 0 aliphatic rings. The number of amides is 1. The highest BCUT2D eigenvalue weighted by molar-refractivity contribution is 7.12. The Morgan fingerprint density at radius 2 is 2.00 bits per heavy atom. The van der Waals surface area contributed by atoms with E-state index in [1.165, 1.54) is 11.3 Å². The molecule has 1 aromatic carbocycles. The van der Waals surface area contributed by atoms with Gasteiger partial charge in [0, 0.05) is 5.02 Å². The number of halogens is 1. The molecule has 2 aromatic rings. The van der Waals surface area contributed by atoms with E-state index in [0.29, 0.717) is 15.5 Å². The molecule has 0 spiro atoms. The molecular weight excluding hydrogens is 298 g/mol. The van der Waals surface area contributed by atoms with E-state index in [1.54, 1.807) is 41.8 Å². The number of carbonyl (C=O) groups excluding carboxylic acids is 1. The lowest BCUT2D eigenvalue weighted by Crippen LogP contribution is -2.29. The first-order chi connectivity index (χ1) is 9.58. The molecule has 0 saturated heterocycles. The molecule has 0 unspecified atom stereocenters. The van der Waals surface area contributed by atoms with Crippen molar-refractivity contribution in [3.05, 3.63) is 57.2 Å². The first kappa shape index (κ1) is 14.6. The molecule has 2 rings (SSSR count). The fourth-order valence-electron chi connectivity index (χ4n) is 1.81. The van der Waals surface area contributed by atoms with Gasteiger partial charge in [0.05, 0.1) is 17.3 Å². The number of benzene rings is 1. The molecule has 0 aliphatic carbocycles. The van der Waals surface area contributed by atoms with Gasteiger partial charge in [0.15, 0.2) is 0 Å². The molecule has 0 bridgehead atoms. The molecule has 104 valence electrons. The second-order valence-electron chi connectivity index (χ2n) is 4.12. The normalized spacial score (nSPS) is 11.8. The molecule has 0 saturated carbocycles. The van der Waals surface area contributed by atoms with Crippen LogP contribution in [0, 0.1) is 0 Å². The minimum absolute atomic E-state index is 0.221. The van der Waals surface area contributed by atoms with Crippen LogP contribution in [0.5, 0.6) is 0 Å². The smallest absolute Gasteiger partial charge is 0.305 e. The van der Waals surface area contributed by atoms with Crippen LogP contribution < -0.4 is 5.32 Å². The summed E-state index contributed by atoms with van der Waals surface area (Å²) in [5, 5.41) is 13.9. The van der Waals surface area contributed by atoms with Crippen molar-refractivity contribution in [3.8, 4) is 0 Å². The number of carboxylic acids is 1. The Labute approximate surface area is 125 Å². The number of nitrogens with one attached hydrogen (secondary N) is 1. The van der Waals surface area contributed by atoms with Crippen LogP contribution in [0.4, 0.5) is 0 Å². The second kappa shape index (κ2) is 6.54. The van der Waals surface area contributed by atoms with Crippen LogP contribution in [0.15, 0.2) is 41.8 Å². The van der Waals surface area contributed by atoms with Crippen molar-refractivity contribution in [3.63, 3.8) is 0 Å². The van der Waals surface area contributed by atoms with Crippen LogP contribution in [-0.2, 0) is 4.79 Å². The highest BCUT2D eigenvalue weighted by Crippen LogP contribution is 2.25. The Kier molecular flexibility index (Phi) is 4.76. The van der Waals surface area contributed by atoms with Gasteiger partial charge in [-0.3, -0.25) is 9.59 Å². The van der Waals surface area contributed by atoms with E-state index in [2.05, 4.69) is 5.32 Å². The topological polar surface area (TPSA) is 66.4 Å². The minimum atomic E-state index is -0.999. The SMILES string of the molecule is O=C(O)C[C@@H](NC(=O)c1cccs1)c1ccccc1Cl. The first-order valence-corrected chi connectivity index (χ1v) is 7.14. The maximum atomic E-state index is 12.0. The van der Waals surface area contributed by atoms with Crippen molar-refractivity contribution in [2.75, 3.05) is 0 Å². The third kappa shape index (κ3) is 3.59. The predicted molar refractivity (Wildman–Crippen MR) is 78.2 cm³/mol. The molecule has 0 fully saturated rings. The van der Waals surface area contributed by atoms with Gasteiger partial charge in [-0.15, -0.1) is 11.3 Å². The van der Waals surface area contributed by atoms with Gasteiger partial charge in [-0.05, 0) is 23.1 Å². The number of hydrogen-bond acceptors (Lipinski definition) is 3. The maximum absolute atomic E-state index is 12.0. The average Bonchev–Trinajstić information content (AvgIpc) is 2.92. The molecule has 4 nitrogen and oxygen atoms in total. The van der Waals surface area contributed by atoms with Crippen LogP contribution >= 0.6 is 22.9 Å². The number of aliphatic carboxylic acids is 1. The van der Waals surface area contributed by atoms with E-state index in [9.17, 15) is 9.59 Å². The van der Waals surface area contributed by atoms with E-state index in [0.717, 1.165) is 0 Å². The van der Waals surface area contributed by atoms with E-state index in [4.69, 9.17) is 16.7 Å². The van der Waals surface area contributed by atoms with Gasteiger partial charge in [0.2, 0.25) is 0 Å². The summed E-state index contributed by atoms with van der Waals surface area (Å²) in [5.74, 6) is -1.30. The van der Waals surface area contributed by atoms with E-state index in [1.807, 2.05) is 0 Å². The third-order valence-electron chi connectivity index (χ3n) is 2.71. The molecule has 1 atom stereocenters. The van der Waals surface area contributed by atoms with E-state index >= 15 is 0 Å². The highest BCUT2D eigenvalue weighted by atomic mass is 35.5. The Balaban J connectivity index is 2.22. The van der Waals surface area contributed by atoms with Crippen LogP contribution in [-0.4, -0.2) is 17.0 Å². The summed E-state index contributed by atoms with van der Waals surface area (Å²) in [4.78, 5) is 23.6. The molecule has 0 radical (unpaired) electrons. The van der Waals surface area contributed by atoms with Gasteiger partial charge in [0.25, 0.3) is 5.91 Å². The summed E-state index contributed by atoms with van der Waals surface area (Å²) < 4.78 is 0. The number of hydrogen-bond donors (Lipinski definition) is 2. The van der Waals surface area contributed by atoms with Crippen molar-refractivity contribution < 1.29 is 14.7 Å². The maximum Gasteiger partial charge on any atom is 0.305 e. The molecule has 2 N–H and O–H groups in total. The number of carbonyl (C=O) groups is 2. The zero-order valence-electron chi connectivity index (χ0n) is 10.4. The van der Waals surface area contributed by atoms with Crippen molar-refractivity contribution >= 4 is 34.8 Å². The Bertz CT molecular complexity index is 613. The second-order valence-corrected chi connectivity index (χ2v) is 5.48. The van der Waals surface area contributed by atoms with Gasteiger partial charge in [-0.25, -0.2) is 0 Å². The lowest BCUT2D eigenvalue weighted by molar-refractivity contribution is -0.137. The average molecular weight is 310 g/mol. The number of carboxylic acid groups (broad SMARTS) is 1. The molecule has 1 amide bonds. The minimum Gasteiger partial charge on any atom is -0.481 e. The summed E-state index contributed by atoms with van der Waals surface area (Å²) in [7, 11) is 0. The van der Waals surface area contributed by atoms with Crippen molar-refractivity contribution in [1.29, 1.82) is 0 Å². The zero-order valence-corrected chi connectivity index (χ0v) is 11.9. The van der Waals surface area contributed by atoms with E-state index < -0.39 is 12.0 Å². The monoisotopic (exact) mass is 309 g/mol. The fourth-order valence-corrected chi connectivity index (χ4v) is 2.70. The molecule has 0 aliphatic heterocycles. The summed E-state index contributed by atoms with van der Waals surface area (Å²) in [6.45, 7) is 0. The lowest BCUT2D eigenvalue weighted by Gasteiger charge is -2.18. The van der Waals surface area contributed by atoms with Gasteiger partial charge in [-0.1, -0.05) is 35.9 Å². The van der Waals surface area contributed by atoms with Gasteiger partial charge in [-0.2, -0.15) is 0 Å². The predicted octanol–water partition coefficient (Wildman–Crippen LogP) is 3.35. The van der Waals surface area contributed by atoms with Gasteiger partial charge < -0.3 is 10.4 Å². The summed E-state index contributed by atoms with van der Waals surface area (Å²) in [6.07, 6.45) is -0.221. The third-order valence-corrected chi connectivity index (χ3v) is 3.92. The van der Waals surface area contributed by atoms with Gasteiger partial charge >= 0.3 is 5.97 Å². The zero-order chi connectivity index (χ0) is 14.5. The van der Waals surface area contributed by atoms with Crippen molar-refractivity contribution in [1.82, 2.24) is 5.32 Å². The Morgan fingerprint density at radius 3 is 2.60 bits per heavy atom.